The highest BCUT2D eigenvalue weighted by atomic mass is 35.5. The van der Waals surface area contributed by atoms with Crippen LogP contribution in [0.15, 0.2) is 41.2 Å². The summed E-state index contributed by atoms with van der Waals surface area (Å²) in [4.78, 5) is 17.9. The first kappa shape index (κ1) is 18.3. The predicted octanol–water partition coefficient (Wildman–Crippen LogP) is 4.66. The number of hydrogen-bond acceptors (Lipinski definition) is 4. The minimum atomic E-state index is -0.213. The van der Waals surface area contributed by atoms with E-state index < -0.39 is 0 Å². The summed E-state index contributed by atoms with van der Waals surface area (Å²) in [6.07, 6.45) is -0.158. The number of phenols is 1. The summed E-state index contributed by atoms with van der Waals surface area (Å²) < 4.78 is 7.31. The molecule has 6 heteroatoms. The largest absolute Gasteiger partial charge is 0.504 e. The van der Waals surface area contributed by atoms with Crippen molar-refractivity contribution in [3.63, 3.8) is 0 Å². The number of ether oxygens (including phenoxy) is 1. The predicted molar refractivity (Wildman–Crippen MR) is 104 cm³/mol. The number of nitrogens with zero attached hydrogens (tertiary/aromatic N) is 2. The van der Waals surface area contributed by atoms with Crippen molar-refractivity contribution in [1.82, 2.24) is 9.55 Å². The number of rotatable bonds is 4. The van der Waals surface area contributed by atoms with Crippen molar-refractivity contribution in [2.45, 2.75) is 39.7 Å². The molecule has 0 atom stereocenters. The lowest BCUT2D eigenvalue weighted by atomic mass is 10.1. The van der Waals surface area contributed by atoms with Crippen LogP contribution >= 0.6 is 11.6 Å². The molecule has 0 radical (unpaired) electrons. The van der Waals surface area contributed by atoms with E-state index in [9.17, 15) is 9.90 Å². The molecule has 0 fully saturated rings. The summed E-state index contributed by atoms with van der Waals surface area (Å²) >= 11 is 5.98. The first-order valence-electron chi connectivity index (χ1n) is 8.50. The van der Waals surface area contributed by atoms with Crippen LogP contribution in [0.1, 0.15) is 39.4 Å². The molecule has 0 saturated carbocycles. The third kappa shape index (κ3) is 3.27. The lowest BCUT2D eigenvalue weighted by molar-refractivity contribution is 0.234. The maximum atomic E-state index is 13.2. The second kappa shape index (κ2) is 7.00. The van der Waals surface area contributed by atoms with Crippen molar-refractivity contribution >= 4 is 22.5 Å². The molecule has 0 bridgehead atoms. The summed E-state index contributed by atoms with van der Waals surface area (Å²) in [7, 11) is 0. The molecule has 0 aliphatic rings. The number of benzene rings is 2. The lowest BCUT2D eigenvalue weighted by Crippen LogP contribution is -2.25. The number of phenolic OH excluding ortho intramolecular Hbond substituents is 1. The average molecular weight is 373 g/mol. The van der Waals surface area contributed by atoms with Gasteiger partial charge in [0.1, 0.15) is 11.3 Å². The summed E-state index contributed by atoms with van der Waals surface area (Å²) in [6.45, 7) is 7.64. The van der Waals surface area contributed by atoms with Gasteiger partial charge in [0, 0.05) is 10.9 Å². The zero-order valence-electron chi connectivity index (χ0n) is 15.2. The molecule has 0 unspecified atom stereocenters. The van der Waals surface area contributed by atoms with E-state index in [4.69, 9.17) is 21.3 Å². The first-order chi connectivity index (χ1) is 12.3. The van der Waals surface area contributed by atoms with E-state index in [1.165, 1.54) is 6.07 Å². The maximum Gasteiger partial charge on any atom is 0.266 e. The molecule has 1 heterocycles. The van der Waals surface area contributed by atoms with Crippen LogP contribution < -0.4 is 10.3 Å². The Morgan fingerprint density at radius 3 is 2.31 bits per heavy atom. The van der Waals surface area contributed by atoms with E-state index in [2.05, 4.69) is 0 Å². The Hall–Kier alpha value is -2.53. The normalized spacial score (nSPS) is 11.5. The van der Waals surface area contributed by atoms with E-state index in [0.717, 1.165) is 0 Å². The van der Waals surface area contributed by atoms with E-state index >= 15 is 0 Å². The molecule has 0 saturated heterocycles. The van der Waals surface area contributed by atoms with Crippen LogP contribution in [0.5, 0.6) is 11.5 Å². The molecule has 3 rings (SSSR count). The van der Waals surface area contributed by atoms with Crippen molar-refractivity contribution in [2.75, 3.05) is 0 Å². The zero-order valence-corrected chi connectivity index (χ0v) is 15.9. The van der Waals surface area contributed by atoms with Gasteiger partial charge in [0.05, 0.1) is 17.2 Å². The number of aromatic nitrogens is 2. The van der Waals surface area contributed by atoms with Crippen LogP contribution in [-0.2, 0) is 0 Å². The van der Waals surface area contributed by atoms with Gasteiger partial charge in [-0.2, -0.15) is 0 Å². The van der Waals surface area contributed by atoms with Crippen LogP contribution in [0.3, 0.4) is 0 Å². The molecule has 0 aliphatic heterocycles. The SMILES string of the molecule is CC(C)Oc1c(O)ccc2c(=O)n(-c3ccc(Cl)cc3)c(C(C)C)nc12. The van der Waals surface area contributed by atoms with Gasteiger partial charge in [0.2, 0.25) is 0 Å². The van der Waals surface area contributed by atoms with Gasteiger partial charge >= 0.3 is 0 Å². The van der Waals surface area contributed by atoms with E-state index in [1.54, 1.807) is 34.9 Å². The van der Waals surface area contributed by atoms with Crippen molar-refractivity contribution in [3.05, 3.63) is 57.6 Å². The van der Waals surface area contributed by atoms with Crippen LogP contribution in [-0.4, -0.2) is 20.8 Å². The second-order valence-corrected chi connectivity index (χ2v) is 7.15. The molecule has 1 N–H and O–H groups in total. The standard InChI is InChI=1S/C20H21ClN2O3/c1-11(2)19-22-17-15(9-10-16(24)18(17)26-12(3)4)20(25)23(19)14-7-5-13(21)6-8-14/h5-12,24H,1-4H3. The third-order valence-corrected chi connectivity index (χ3v) is 4.21. The fraction of sp³-hybridized carbons (Fsp3) is 0.300. The zero-order chi connectivity index (χ0) is 19.0. The van der Waals surface area contributed by atoms with Gasteiger partial charge in [0.15, 0.2) is 11.5 Å². The molecule has 3 aromatic rings. The molecule has 5 nitrogen and oxygen atoms in total. The van der Waals surface area contributed by atoms with Crippen molar-refractivity contribution < 1.29 is 9.84 Å². The minimum absolute atomic E-state index is 0.0166. The van der Waals surface area contributed by atoms with E-state index in [0.29, 0.717) is 27.4 Å². The van der Waals surface area contributed by atoms with E-state index in [-0.39, 0.29) is 29.1 Å². The summed E-state index contributed by atoms with van der Waals surface area (Å²) in [5, 5.41) is 11.2. The molecule has 0 aliphatic carbocycles. The molecule has 0 spiro atoms. The minimum Gasteiger partial charge on any atom is -0.504 e. The van der Waals surface area contributed by atoms with Gasteiger partial charge in [0.25, 0.3) is 5.56 Å². The Kier molecular flexibility index (Phi) is 4.92. The number of halogens is 1. The molecule has 1 aromatic heterocycles. The van der Waals surface area contributed by atoms with Crippen LogP contribution in [0.4, 0.5) is 0 Å². The highest BCUT2D eigenvalue weighted by molar-refractivity contribution is 6.30. The maximum absolute atomic E-state index is 13.2. The third-order valence-electron chi connectivity index (χ3n) is 3.95. The van der Waals surface area contributed by atoms with Gasteiger partial charge in [-0.1, -0.05) is 25.4 Å². The van der Waals surface area contributed by atoms with Gasteiger partial charge < -0.3 is 9.84 Å². The molecular weight excluding hydrogens is 352 g/mol. The van der Waals surface area contributed by atoms with Crippen molar-refractivity contribution in [1.29, 1.82) is 0 Å². The Bertz CT molecular complexity index is 1010. The quantitative estimate of drug-likeness (QED) is 0.723. The fourth-order valence-electron chi connectivity index (χ4n) is 2.81. The molecule has 2 aromatic carbocycles. The van der Waals surface area contributed by atoms with Crippen molar-refractivity contribution in [3.8, 4) is 17.2 Å². The van der Waals surface area contributed by atoms with Gasteiger partial charge in [-0.25, -0.2) is 4.98 Å². The Balaban J connectivity index is 2.38. The Morgan fingerprint density at radius 2 is 1.73 bits per heavy atom. The summed E-state index contributed by atoms with van der Waals surface area (Å²) in [5.74, 6) is 0.776. The van der Waals surface area contributed by atoms with Gasteiger partial charge in [-0.15, -0.1) is 0 Å². The second-order valence-electron chi connectivity index (χ2n) is 6.72. The number of aromatic hydroxyl groups is 1. The van der Waals surface area contributed by atoms with E-state index in [1.807, 2.05) is 27.7 Å². The van der Waals surface area contributed by atoms with Crippen LogP contribution in [0, 0.1) is 0 Å². The highest BCUT2D eigenvalue weighted by Crippen LogP contribution is 2.34. The van der Waals surface area contributed by atoms with Crippen LogP contribution in [0.25, 0.3) is 16.6 Å². The number of hydrogen-bond donors (Lipinski definition) is 1. The Labute approximate surface area is 156 Å². The topological polar surface area (TPSA) is 64.3 Å². The van der Waals surface area contributed by atoms with Gasteiger partial charge in [-0.3, -0.25) is 9.36 Å². The van der Waals surface area contributed by atoms with Gasteiger partial charge in [-0.05, 0) is 50.2 Å². The summed E-state index contributed by atoms with van der Waals surface area (Å²) in [6, 6.07) is 10.1. The van der Waals surface area contributed by atoms with Crippen LogP contribution in [0.2, 0.25) is 5.02 Å². The van der Waals surface area contributed by atoms with Crippen molar-refractivity contribution in [2.24, 2.45) is 0 Å². The average Bonchev–Trinajstić information content (AvgIpc) is 2.58. The lowest BCUT2D eigenvalue weighted by Gasteiger charge is -2.18. The first-order valence-corrected chi connectivity index (χ1v) is 8.88. The molecule has 136 valence electrons. The number of fused-ring (bicyclic) bond motifs is 1. The monoisotopic (exact) mass is 372 g/mol. The Morgan fingerprint density at radius 1 is 1.08 bits per heavy atom. The summed E-state index contributed by atoms with van der Waals surface area (Å²) in [5.41, 5.74) is 0.851. The fourth-order valence-corrected chi connectivity index (χ4v) is 2.94. The molecule has 26 heavy (non-hydrogen) atoms. The smallest absolute Gasteiger partial charge is 0.266 e. The molecular formula is C20H21ClN2O3. The highest BCUT2D eigenvalue weighted by Gasteiger charge is 2.20. The molecule has 0 amide bonds.